The van der Waals surface area contributed by atoms with Crippen LogP contribution < -0.4 is 10.1 Å². The molecule has 0 unspecified atom stereocenters. The fraction of sp³-hybridized carbons (Fsp3) is 0.0476. The number of nitrogens with one attached hydrogen (secondary N) is 1. The second-order valence-corrected chi connectivity index (χ2v) is 7.37. The van der Waals surface area contributed by atoms with Gasteiger partial charge in [-0.3, -0.25) is 10.1 Å². The Hall–Kier alpha value is -3.33. The molecule has 1 N–H and O–H groups in total. The van der Waals surface area contributed by atoms with Gasteiger partial charge in [-0.15, -0.1) is 0 Å². The number of benzene rings is 3. The molecule has 0 aromatic heterocycles. The Morgan fingerprint density at radius 2 is 1.62 bits per heavy atom. The van der Waals surface area contributed by atoms with Gasteiger partial charge < -0.3 is 14.8 Å². The minimum atomic E-state index is -0.738. The minimum absolute atomic E-state index is 0.0309. The molecule has 3 aromatic rings. The van der Waals surface area contributed by atoms with Crippen LogP contribution in [0.3, 0.4) is 0 Å². The van der Waals surface area contributed by atoms with Crippen LogP contribution in [0.15, 0.2) is 65.7 Å². The zero-order chi connectivity index (χ0) is 23.3. The number of hydrogen-bond acceptors (Lipinski definition) is 5. The third-order valence-electron chi connectivity index (χ3n) is 4.02. The summed E-state index contributed by atoms with van der Waals surface area (Å²) in [6, 6.07) is 14.3. The summed E-state index contributed by atoms with van der Waals surface area (Å²) in [5.74, 6) is 0.450. The predicted molar refractivity (Wildman–Crippen MR) is 124 cm³/mol. The van der Waals surface area contributed by atoms with Gasteiger partial charge in [0, 0.05) is 17.8 Å². The van der Waals surface area contributed by atoms with Crippen LogP contribution in [0.5, 0.6) is 11.5 Å². The van der Waals surface area contributed by atoms with Crippen LogP contribution in [0, 0.1) is 10.1 Å². The molecule has 3 rings (SSSR count). The average molecular weight is 495 g/mol. The Bertz CT molecular complexity index is 1180. The number of rotatable bonds is 5. The number of amides is 2. The van der Waals surface area contributed by atoms with Crippen molar-refractivity contribution in [1.82, 2.24) is 0 Å². The van der Waals surface area contributed by atoms with E-state index in [4.69, 9.17) is 44.3 Å². The monoisotopic (exact) mass is 493 g/mol. The summed E-state index contributed by atoms with van der Waals surface area (Å²) >= 11 is 18.6. The van der Waals surface area contributed by atoms with Gasteiger partial charge >= 0.3 is 6.03 Å². The van der Waals surface area contributed by atoms with E-state index in [1.807, 2.05) is 0 Å². The summed E-state index contributed by atoms with van der Waals surface area (Å²) < 4.78 is 10.8. The molecule has 3 aromatic carbocycles. The van der Waals surface area contributed by atoms with Gasteiger partial charge in [-0.1, -0.05) is 46.9 Å². The normalized spacial score (nSPS) is 11.1. The number of nitro benzene ring substituents is 1. The van der Waals surface area contributed by atoms with E-state index in [0.717, 1.165) is 0 Å². The second kappa shape index (κ2) is 10.3. The molecule has 0 atom stereocenters. The molecule has 8 nitrogen and oxygen atoms in total. The van der Waals surface area contributed by atoms with Crippen LogP contribution in [0.1, 0.15) is 5.56 Å². The van der Waals surface area contributed by atoms with Crippen LogP contribution in [0.4, 0.5) is 16.2 Å². The number of nitrogens with zero attached hydrogens (tertiary/aromatic N) is 2. The number of hydrogen-bond donors (Lipinski definition) is 1. The van der Waals surface area contributed by atoms with E-state index in [-0.39, 0.29) is 33.1 Å². The molecule has 0 heterocycles. The van der Waals surface area contributed by atoms with Gasteiger partial charge in [0.1, 0.15) is 5.75 Å². The first-order valence-corrected chi connectivity index (χ1v) is 10.0. The van der Waals surface area contributed by atoms with E-state index >= 15 is 0 Å². The number of non-ortho nitro benzene ring substituents is 1. The van der Waals surface area contributed by atoms with Gasteiger partial charge in [-0.2, -0.15) is 4.99 Å². The van der Waals surface area contributed by atoms with Crippen molar-refractivity contribution in [2.45, 2.75) is 0 Å². The highest BCUT2D eigenvalue weighted by Crippen LogP contribution is 2.39. The van der Waals surface area contributed by atoms with Crippen LogP contribution in [0.2, 0.25) is 15.1 Å². The molecule has 0 fully saturated rings. The first-order valence-electron chi connectivity index (χ1n) is 8.88. The lowest BCUT2D eigenvalue weighted by Crippen LogP contribution is -2.13. The van der Waals surface area contributed by atoms with E-state index in [1.165, 1.54) is 43.5 Å². The Labute approximate surface area is 197 Å². The van der Waals surface area contributed by atoms with E-state index in [0.29, 0.717) is 16.3 Å². The first kappa shape index (κ1) is 23.3. The highest BCUT2D eigenvalue weighted by Gasteiger charge is 2.15. The number of ether oxygens (including phenoxy) is 2. The molecule has 0 radical (unpaired) electrons. The Morgan fingerprint density at radius 3 is 2.19 bits per heavy atom. The van der Waals surface area contributed by atoms with Crippen molar-refractivity contribution in [3.63, 3.8) is 0 Å². The quantitative estimate of drug-likeness (QED) is 0.178. The Balaban J connectivity index is 1.77. The van der Waals surface area contributed by atoms with Crippen molar-refractivity contribution in [1.29, 1.82) is 0 Å². The minimum Gasteiger partial charge on any atom is -0.480 e. The second-order valence-electron chi connectivity index (χ2n) is 6.15. The van der Waals surface area contributed by atoms with E-state index in [1.54, 1.807) is 24.3 Å². The van der Waals surface area contributed by atoms with Gasteiger partial charge in [0.15, 0.2) is 5.75 Å². The highest BCUT2D eigenvalue weighted by atomic mass is 35.5. The number of carbonyl (C=O) groups is 1. The highest BCUT2D eigenvalue weighted by molar-refractivity contribution is 6.37. The fourth-order valence-corrected chi connectivity index (χ4v) is 3.36. The molecule has 0 saturated carbocycles. The number of carbonyl (C=O) groups excluding carboxylic acids is 1. The van der Waals surface area contributed by atoms with Crippen molar-refractivity contribution in [2.75, 3.05) is 12.4 Å². The van der Waals surface area contributed by atoms with E-state index in [9.17, 15) is 14.9 Å². The lowest BCUT2D eigenvalue weighted by atomic mass is 10.2. The molecule has 2 amide bonds. The summed E-state index contributed by atoms with van der Waals surface area (Å²) in [6.07, 6.45) is 0. The van der Waals surface area contributed by atoms with Gasteiger partial charge in [0.25, 0.3) is 5.69 Å². The zero-order valence-corrected chi connectivity index (χ0v) is 18.6. The van der Waals surface area contributed by atoms with Gasteiger partial charge in [-0.25, -0.2) is 4.79 Å². The molecule has 0 aliphatic heterocycles. The number of methoxy groups -OCH3 is 1. The molecule has 0 bridgehead atoms. The average Bonchev–Trinajstić information content (AvgIpc) is 2.75. The van der Waals surface area contributed by atoms with E-state index < -0.39 is 11.0 Å². The Morgan fingerprint density at radius 1 is 1.00 bits per heavy atom. The van der Waals surface area contributed by atoms with Crippen LogP contribution in [0.25, 0.3) is 0 Å². The SMILES string of the molecule is COC(=NC(=O)Nc1cc(Cl)c(Oc2ccc([N+](=O)[O-])cc2)c(Cl)c1)c1ccccc1Cl. The third-order valence-corrected chi connectivity index (χ3v) is 4.91. The zero-order valence-electron chi connectivity index (χ0n) is 16.3. The molecular formula is C21H14Cl3N3O5. The van der Waals surface area contributed by atoms with Crippen LogP contribution in [-0.4, -0.2) is 24.0 Å². The standard InChI is InChI=1S/C21H14Cl3N3O5/c1-31-20(15-4-2-3-5-16(15)22)26-21(28)25-12-10-17(23)19(18(24)11-12)32-14-8-6-13(7-9-14)27(29)30/h2-11H,1H3,(H,25,28). The molecule has 0 saturated heterocycles. The number of aliphatic imine (C=N–C) groups is 1. The lowest BCUT2D eigenvalue weighted by molar-refractivity contribution is -0.384. The van der Waals surface area contributed by atoms with Crippen molar-refractivity contribution < 1.29 is 19.2 Å². The Kier molecular flexibility index (Phi) is 7.53. The van der Waals surface area contributed by atoms with E-state index in [2.05, 4.69) is 10.3 Å². The molecule has 0 spiro atoms. The first-order chi connectivity index (χ1) is 15.3. The summed E-state index contributed by atoms with van der Waals surface area (Å²) in [7, 11) is 1.37. The summed E-state index contributed by atoms with van der Waals surface area (Å²) in [5.41, 5.74) is 0.634. The molecule has 32 heavy (non-hydrogen) atoms. The van der Waals surface area contributed by atoms with Crippen molar-refractivity contribution in [3.05, 3.63) is 91.4 Å². The molecular weight excluding hydrogens is 481 g/mol. The van der Waals surface area contributed by atoms with Crippen LogP contribution in [-0.2, 0) is 4.74 Å². The smallest absolute Gasteiger partial charge is 0.348 e. The fourth-order valence-electron chi connectivity index (χ4n) is 2.58. The number of nitro groups is 1. The molecule has 11 heteroatoms. The molecule has 0 aliphatic rings. The maximum absolute atomic E-state index is 12.4. The van der Waals surface area contributed by atoms with Crippen molar-refractivity contribution in [3.8, 4) is 11.5 Å². The van der Waals surface area contributed by atoms with Gasteiger partial charge in [-0.05, 0) is 36.4 Å². The van der Waals surface area contributed by atoms with Crippen molar-refractivity contribution >= 4 is 58.1 Å². The molecule has 164 valence electrons. The van der Waals surface area contributed by atoms with Crippen LogP contribution >= 0.6 is 34.8 Å². The van der Waals surface area contributed by atoms with Crippen molar-refractivity contribution in [2.24, 2.45) is 4.99 Å². The number of anilines is 1. The predicted octanol–water partition coefficient (Wildman–Crippen LogP) is 6.97. The number of urea groups is 1. The summed E-state index contributed by atoms with van der Waals surface area (Å²) in [6.45, 7) is 0. The summed E-state index contributed by atoms with van der Waals surface area (Å²) in [5, 5.41) is 13.9. The van der Waals surface area contributed by atoms with Gasteiger partial charge in [0.05, 0.1) is 32.7 Å². The topological polar surface area (TPSA) is 103 Å². The number of halogens is 3. The van der Waals surface area contributed by atoms with Gasteiger partial charge in [0.2, 0.25) is 5.90 Å². The maximum atomic E-state index is 12.4. The largest absolute Gasteiger partial charge is 0.480 e. The summed E-state index contributed by atoms with van der Waals surface area (Å²) in [4.78, 5) is 26.5. The lowest BCUT2D eigenvalue weighted by Gasteiger charge is -2.12. The molecule has 0 aliphatic carbocycles. The maximum Gasteiger partial charge on any atom is 0.348 e. The third kappa shape index (κ3) is 5.67.